The van der Waals surface area contributed by atoms with Crippen LogP contribution in [-0.2, 0) is 0 Å². The molecule has 0 aliphatic heterocycles. The summed E-state index contributed by atoms with van der Waals surface area (Å²) in [5.41, 5.74) is 2.20. The van der Waals surface area contributed by atoms with Crippen molar-refractivity contribution in [1.82, 2.24) is 0 Å². The van der Waals surface area contributed by atoms with E-state index in [9.17, 15) is 0 Å². The van der Waals surface area contributed by atoms with Crippen LogP contribution in [-0.4, -0.2) is 0 Å². The SMILES string of the molecule is C=CC12CC=C(CC1)C2. The maximum atomic E-state index is 3.88. The summed E-state index contributed by atoms with van der Waals surface area (Å²) in [7, 11) is 0. The molecule has 1 unspecified atom stereocenters. The highest BCUT2D eigenvalue weighted by atomic mass is 14.4. The second-order valence-electron chi connectivity index (χ2n) is 3.31. The highest BCUT2D eigenvalue weighted by Crippen LogP contribution is 2.50. The molecule has 9 heavy (non-hydrogen) atoms. The zero-order valence-corrected chi connectivity index (χ0v) is 5.69. The molecule has 2 aliphatic rings. The van der Waals surface area contributed by atoms with Gasteiger partial charge in [0.2, 0.25) is 0 Å². The molecule has 48 valence electrons. The van der Waals surface area contributed by atoms with E-state index in [2.05, 4.69) is 18.7 Å². The lowest BCUT2D eigenvalue weighted by Crippen LogP contribution is -2.08. The highest BCUT2D eigenvalue weighted by molar-refractivity contribution is 5.25. The van der Waals surface area contributed by atoms with Crippen molar-refractivity contribution in [2.75, 3.05) is 0 Å². The van der Waals surface area contributed by atoms with Gasteiger partial charge in [-0.25, -0.2) is 0 Å². The molecule has 0 spiro atoms. The fourth-order valence-electron chi connectivity index (χ4n) is 1.99. The molecule has 0 aromatic heterocycles. The molecular weight excluding hydrogens is 108 g/mol. The molecule has 1 fully saturated rings. The van der Waals surface area contributed by atoms with Crippen LogP contribution in [0.1, 0.15) is 25.7 Å². The van der Waals surface area contributed by atoms with Gasteiger partial charge < -0.3 is 0 Å². The van der Waals surface area contributed by atoms with Gasteiger partial charge in [0.15, 0.2) is 0 Å². The van der Waals surface area contributed by atoms with Gasteiger partial charge in [0.05, 0.1) is 0 Å². The summed E-state index contributed by atoms with van der Waals surface area (Å²) < 4.78 is 0. The van der Waals surface area contributed by atoms with Crippen LogP contribution in [0.2, 0.25) is 0 Å². The first-order chi connectivity index (χ1) is 4.35. The topological polar surface area (TPSA) is 0 Å². The molecule has 0 aromatic rings. The molecule has 2 aliphatic carbocycles. The molecule has 1 saturated carbocycles. The Hall–Kier alpha value is -0.520. The highest BCUT2D eigenvalue weighted by Gasteiger charge is 2.36. The molecule has 0 heteroatoms. The molecule has 2 rings (SSSR count). The van der Waals surface area contributed by atoms with Gasteiger partial charge in [-0.3, -0.25) is 0 Å². The molecule has 2 bridgehead atoms. The monoisotopic (exact) mass is 120 g/mol. The van der Waals surface area contributed by atoms with Crippen molar-refractivity contribution in [1.29, 1.82) is 0 Å². The van der Waals surface area contributed by atoms with E-state index in [1.54, 1.807) is 5.57 Å². The van der Waals surface area contributed by atoms with Crippen LogP contribution in [0, 0.1) is 5.41 Å². The van der Waals surface area contributed by atoms with E-state index in [1.165, 1.54) is 25.7 Å². The lowest BCUT2D eigenvalue weighted by Gasteiger charge is -2.19. The van der Waals surface area contributed by atoms with E-state index in [1.807, 2.05) is 0 Å². The van der Waals surface area contributed by atoms with Gasteiger partial charge in [-0.1, -0.05) is 17.7 Å². The second kappa shape index (κ2) is 1.50. The van der Waals surface area contributed by atoms with Crippen molar-refractivity contribution in [3.63, 3.8) is 0 Å². The molecule has 0 N–H and O–H groups in total. The molecular formula is C9H12. The van der Waals surface area contributed by atoms with Gasteiger partial charge in [-0.05, 0) is 31.1 Å². The van der Waals surface area contributed by atoms with E-state index in [4.69, 9.17) is 0 Å². The fraction of sp³-hybridized carbons (Fsp3) is 0.556. The van der Waals surface area contributed by atoms with Crippen molar-refractivity contribution in [2.24, 2.45) is 5.41 Å². The minimum Gasteiger partial charge on any atom is -0.102 e. The van der Waals surface area contributed by atoms with E-state index < -0.39 is 0 Å². The van der Waals surface area contributed by atoms with Gasteiger partial charge in [-0.15, -0.1) is 6.58 Å². The number of allylic oxidation sites excluding steroid dienone is 3. The summed E-state index contributed by atoms with van der Waals surface area (Å²) in [5.74, 6) is 0. The maximum absolute atomic E-state index is 3.88. The quantitative estimate of drug-likeness (QED) is 0.467. The number of hydrogen-bond acceptors (Lipinski definition) is 0. The predicted molar refractivity (Wildman–Crippen MR) is 39.2 cm³/mol. The molecule has 0 heterocycles. The number of fused-ring (bicyclic) bond motifs is 2. The number of hydrogen-bond donors (Lipinski definition) is 0. The minimum atomic E-state index is 0.523. The van der Waals surface area contributed by atoms with Gasteiger partial charge in [-0.2, -0.15) is 0 Å². The number of rotatable bonds is 1. The summed E-state index contributed by atoms with van der Waals surface area (Å²) >= 11 is 0. The summed E-state index contributed by atoms with van der Waals surface area (Å²) in [6, 6.07) is 0. The van der Waals surface area contributed by atoms with Crippen LogP contribution in [0.3, 0.4) is 0 Å². The van der Waals surface area contributed by atoms with Crippen molar-refractivity contribution in [3.05, 3.63) is 24.3 Å². The minimum absolute atomic E-state index is 0.523. The van der Waals surface area contributed by atoms with Crippen molar-refractivity contribution < 1.29 is 0 Å². The Labute approximate surface area is 56.3 Å². The molecule has 1 atom stereocenters. The molecule has 0 radical (unpaired) electrons. The maximum Gasteiger partial charge on any atom is -0.00462 e. The Morgan fingerprint density at radius 3 is 2.78 bits per heavy atom. The Kier molecular flexibility index (Phi) is 0.879. The van der Waals surface area contributed by atoms with Crippen molar-refractivity contribution in [2.45, 2.75) is 25.7 Å². The third-order valence-electron chi connectivity index (χ3n) is 2.75. The third kappa shape index (κ3) is 0.592. The van der Waals surface area contributed by atoms with Gasteiger partial charge in [0.1, 0.15) is 0 Å². The Balaban J connectivity index is 2.31. The normalized spacial score (nSPS) is 38.9. The molecule has 0 aromatic carbocycles. The van der Waals surface area contributed by atoms with Crippen LogP contribution < -0.4 is 0 Å². The summed E-state index contributed by atoms with van der Waals surface area (Å²) in [5, 5.41) is 0. The molecule has 0 nitrogen and oxygen atoms in total. The largest absolute Gasteiger partial charge is 0.102 e. The lowest BCUT2D eigenvalue weighted by atomic mass is 9.85. The first-order valence-electron chi connectivity index (χ1n) is 3.66. The summed E-state index contributed by atoms with van der Waals surface area (Å²) in [6.07, 6.45) is 9.84. The third-order valence-corrected chi connectivity index (χ3v) is 2.75. The first kappa shape index (κ1) is 5.28. The molecule has 0 saturated heterocycles. The van der Waals surface area contributed by atoms with Gasteiger partial charge in [0.25, 0.3) is 0 Å². The Morgan fingerprint density at radius 1 is 1.67 bits per heavy atom. The van der Waals surface area contributed by atoms with E-state index in [0.29, 0.717) is 5.41 Å². The van der Waals surface area contributed by atoms with Gasteiger partial charge in [0, 0.05) is 0 Å². The van der Waals surface area contributed by atoms with Crippen LogP contribution in [0.25, 0.3) is 0 Å². The zero-order valence-electron chi connectivity index (χ0n) is 5.69. The summed E-state index contributed by atoms with van der Waals surface area (Å²) in [4.78, 5) is 0. The summed E-state index contributed by atoms with van der Waals surface area (Å²) in [6.45, 7) is 3.88. The second-order valence-corrected chi connectivity index (χ2v) is 3.31. The fourth-order valence-corrected chi connectivity index (χ4v) is 1.99. The Morgan fingerprint density at radius 2 is 2.56 bits per heavy atom. The average molecular weight is 120 g/mol. The van der Waals surface area contributed by atoms with Crippen LogP contribution in [0.5, 0.6) is 0 Å². The van der Waals surface area contributed by atoms with E-state index >= 15 is 0 Å². The van der Waals surface area contributed by atoms with Crippen LogP contribution >= 0.6 is 0 Å². The van der Waals surface area contributed by atoms with Gasteiger partial charge >= 0.3 is 0 Å². The predicted octanol–water partition coefficient (Wildman–Crippen LogP) is 2.67. The zero-order chi connectivity index (χ0) is 6.32. The standard InChI is InChI=1S/C9H12/c1-2-9-5-3-8(7-9)4-6-9/h2-3H,1,4-7H2. The van der Waals surface area contributed by atoms with E-state index in [0.717, 1.165) is 0 Å². The van der Waals surface area contributed by atoms with Crippen LogP contribution in [0.15, 0.2) is 24.3 Å². The smallest absolute Gasteiger partial charge is 0.00462 e. The van der Waals surface area contributed by atoms with Crippen molar-refractivity contribution in [3.8, 4) is 0 Å². The van der Waals surface area contributed by atoms with E-state index in [-0.39, 0.29) is 0 Å². The molecule has 0 amide bonds. The average Bonchev–Trinajstić information content (AvgIpc) is 2.46. The Bertz CT molecular complexity index is 176. The first-order valence-corrected chi connectivity index (χ1v) is 3.66. The van der Waals surface area contributed by atoms with Crippen molar-refractivity contribution >= 4 is 0 Å². The lowest BCUT2D eigenvalue weighted by molar-refractivity contribution is 0.420. The van der Waals surface area contributed by atoms with Crippen LogP contribution in [0.4, 0.5) is 0 Å².